The Hall–Kier alpha value is -2.35. The molecule has 0 fully saturated rings. The Morgan fingerprint density at radius 1 is 1.04 bits per heavy atom. The van der Waals surface area contributed by atoms with E-state index < -0.39 is 0 Å². The van der Waals surface area contributed by atoms with E-state index in [4.69, 9.17) is 4.99 Å². The maximum Gasteiger partial charge on any atom is 0.0643 e. The number of rotatable bonds is 6. The van der Waals surface area contributed by atoms with Crippen LogP contribution in [0.5, 0.6) is 0 Å². The molecular formula is C24H30N2. The third-order valence-electron chi connectivity index (χ3n) is 5.02. The minimum Gasteiger partial charge on any atom is -0.354 e. The van der Waals surface area contributed by atoms with Gasteiger partial charge in [0.05, 0.1) is 18.0 Å². The van der Waals surface area contributed by atoms with E-state index in [-0.39, 0.29) is 0 Å². The van der Waals surface area contributed by atoms with Crippen molar-refractivity contribution < 1.29 is 0 Å². The largest absolute Gasteiger partial charge is 0.354 e. The summed E-state index contributed by atoms with van der Waals surface area (Å²) in [6, 6.07) is 17.2. The lowest BCUT2D eigenvalue weighted by molar-refractivity contribution is 0.851. The minimum absolute atomic E-state index is 0.498. The van der Waals surface area contributed by atoms with Crippen molar-refractivity contribution in [2.45, 2.75) is 58.9 Å². The lowest BCUT2D eigenvalue weighted by atomic mass is 9.95. The van der Waals surface area contributed by atoms with Crippen LogP contribution < -0.4 is 5.32 Å². The van der Waals surface area contributed by atoms with E-state index in [0.717, 1.165) is 25.8 Å². The number of hydrogen-bond donors (Lipinski definition) is 1. The molecule has 0 amide bonds. The predicted octanol–water partition coefficient (Wildman–Crippen LogP) is 6.49. The first kappa shape index (κ1) is 18.4. The second-order valence-corrected chi connectivity index (χ2v) is 7.27. The smallest absolute Gasteiger partial charge is 0.0643 e. The molecular weight excluding hydrogens is 316 g/mol. The molecule has 0 aromatic heterocycles. The molecule has 136 valence electrons. The fourth-order valence-electron chi connectivity index (χ4n) is 3.51. The second-order valence-electron chi connectivity index (χ2n) is 7.27. The van der Waals surface area contributed by atoms with Crippen molar-refractivity contribution in [3.63, 3.8) is 0 Å². The summed E-state index contributed by atoms with van der Waals surface area (Å²) >= 11 is 0. The summed E-state index contributed by atoms with van der Waals surface area (Å²) in [5, 5.41) is 3.77. The molecule has 2 aromatic rings. The molecule has 0 spiro atoms. The van der Waals surface area contributed by atoms with Crippen molar-refractivity contribution in [1.82, 2.24) is 0 Å². The molecule has 2 aromatic carbocycles. The van der Waals surface area contributed by atoms with Gasteiger partial charge in [-0.15, -0.1) is 0 Å². The summed E-state index contributed by atoms with van der Waals surface area (Å²) < 4.78 is 0. The molecule has 0 saturated carbocycles. The number of para-hydroxylation sites is 1. The number of allylic oxidation sites excluding steroid dienone is 2. The first-order valence-electron chi connectivity index (χ1n) is 9.85. The van der Waals surface area contributed by atoms with Gasteiger partial charge in [0.2, 0.25) is 0 Å². The van der Waals surface area contributed by atoms with E-state index in [0.29, 0.717) is 5.92 Å². The van der Waals surface area contributed by atoms with Gasteiger partial charge in [-0.1, -0.05) is 75.4 Å². The summed E-state index contributed by atoms with van der Waals surface area (Å²) in [5.74, 6) is 0.498. The van der Waals surface area contributed by atoms with Crippen LogP contribution in [0.3, 0.4) is 0 Å². The number of hydrogen-bond acceptors (Lipinski definition) is 2. The number of anilines is 1. The zero-order valence-corrected chi connectivity index (χ0v) is 16.3. The molecule has 0 saturated heterocycles. The van der Waals surface area contributed by atoms with Crippen molar-refractivity contribution in [3.05, 3.63) is 77.0 Å². The topological polar surface area (TPSA) is 24.4 Å². The first-order valence-corrected chi connectivity index (χ1v) is 9.85. The number of nitrogens with one attached hydrogen (secondary N) is 1. The minimum atomic E-state index is 0.498. The van der Waals surface area contributed by atoms with E-state index in [1.54, 1.807) is 0 Å². The molecule has 0 radical (unpaired) electrons. The highest BCUT2D eigenvalue weighted by molar-refractivity contribution is 6.03. The third-order valence-corrected chi connectivity index (χ3v) is 5.02. The molecule has 0 aliphatic heterocycles. The summed E-state index contributed by atoms with van der Waals surface area (Å²) in [7, 11) is 0. The van der Waals surface area contributed by atoms with Crippen LogP contribution in [0.2, 0.25) is 0 Å². The van der Waals surface area contributed by atoms with Gasteiger partial charge < -0.3 is 5.32 Å². The van der Waals surface area contributed by atoms with E-state index in [2.05, 4.69) is 80.7 Å². The molecule has 0 bridgehead atoms. The first-order chi connectivity index (χ1) is 12.7. The van der Waals surface area contributed by atoms with E-state index in [9.17, 15) is 0 Å². The highest BCUT2D eigenvalue weighted by Crippen LogP contribution is 2.31. The van der Waals surface area contributed by atoms with E-state index in [1.807, 2.05) is 0 Å². The van der Waals surface area contributed by atoms with Crippen LogP contribution in [0, 0.1) is 0 Å². The van der Waals surface area contributed by atoms with Gasteiger partial charge in [0.1, 0.15) is 0 Å². The third kappa shape index (κ3) is 4.43. The molecule has 1 aliphatic rings. The van der Waals surface area contributed by atoms with Crippen LogP contribution in [0.25, 0.3) is 0 Å². The van der Waals surface area contributed by atoms with Gasteiger partial charge in [0.25, 0.3) is 0 Å². The van der Waals surface area contributed by atoms with Crippen LogP contribution in [0.1, 0.15) is 62.6 Å². The molecule has 3 rings (SSSR count). The van der Waals surface area contributed by atoms with Gasteiger partial charge in [0.15, 0.2) is 0 Å². The molecule has 0 heterocycles. The van der Waals surface area contributed by atoms with Gasteiger partial charge in [-0.3, -0.25) is 4.99 Å². The van der Waals surface area contributed by atoms with Crippen LogP contribution in [-0.4, -0.2) is 5.71 Å². The molecule has 1 N–H and O–H groups in total. The van der Waals surface area contributed by atoms with E-state index >= 15 is 0 Å². The van der Waals surface area contributed by atoms with Crippen molar-refractivity contribution in [2.75, 3.05) is 5.32 Å². The van der Waals surface area contributed by atoms with Crippen LogP contribution in [0.15, 0.2) is 65.3 Å². The predicted molar refractivity (Wildman–Crippen MR) is 113 cm³/mol. The molecule has 2 nitrogen and oxygen atoms in total. The zero-order valence-electron chi connectivity index (χ0n) is 16.3. The average Bonchev–Trinajstić information content (AvgIpc) is 2.68. The van der Waals surface area contributed by atoms with Crippen molar-refractivity contribution in [1.29, 1.82) is 0 Å². The molecule has 1 aliphatic carbocycles. The molecule has 0 unspecified atom stereocenters. The summed E-state index contributed by atoms with van der Waals surface area (Å²) in [6.07, 6.45) is 6.72. The number of nitrogens with zero attached hydrogens (tertiary/aromatic N) is 1. The summed E-state index contributed by atoms with van der Waals surface area (Å²) in [4.78, 5) is 4.95. The quantitative estimate of drug-likeness (QED) is 0.635. The van der Waals surface area contributed by atoms with Crippen molar-refractivity contribution >= 4 is 11.4 Å². The highest BCUT2D eigenvalue weighted by Gasteiger charge is 2.16. The number of aryl methyl sites for hydroxylation is 1. The van der Waals surface area contributed by atoms with Gasteiger partial charge in [-0.2, -0.15) is 0 Å². The Kier molecular flexibility index (Phi) is 6.27. The van der Waals surface area contributed by atoms with Gasteiger partial charge in [-0.05, 0) is 48.3 Å². The van der Waals surface area contributed by atoms with Crippen LogP contribution >= 0.6 is 0 Å². The Balaban J connectivity index is 1.87. The van der Waals surface area contributed by atoms with Gasteiger partial charge in [-0.25, -0.2) is 0 Å². The Bertz CT molecular complexity index is 785. The highest BCUT2D eigenvalue weighted by atomic mass is 14.9. The van der Waals surface area contributed by atoms with Gasteiger partial charge in [0, 0.05) is 5.69 Å². The van der Waals surface area contributed by atoms with Crippen molar-refractivity contribution in [2.24, 2.45) is 4.99 Å². The fourth-order valence-corrected chi connectivity index (χ4v) is 3.51. The van der Waals surface area contributed by atoms with Crippen LogP contribution in [0.4, 0.5) is 5.69 Å². The standard InChI is InChI=1S/C24H30N2/c1-4-20-13-10-14-21(18(2)3)24(20)26-23-16-9-8-15-22(23)25-17-19-11-6-5-7-12-19/h5-7,10-14,16,18,26H,4,8-9,15,17H2,1-3H3. The van der Waals surface area contributed by atoms with Crippen molar-refractivity contribution in [3.8, 4) is 0 Å². The normalized spacial score (nSPS) is 16.0. The lowest BCUT2D eigenvalue weighted by Gasteiger charge is -2.23. The number of aliphatic imine (C=N–C) groups is 1. The van der Waals surface area contributed by atoms with Crippen LogP contribution in [-0.2, 0) is 13.0 Å². The monoisotopic (exact) mass is 346 g/mol. The average molecular weight is 347 g/mol. The maximum atomic E-state index is 4.95. The zero-order chi connectivity index (χ0) is 18.4. The van der Waals surface area contributed by atoms with Gasteiger partial charge >= 0.3 is 0 Å². The molecule has 2 heteroatoms. The Morgan fingerprint density at radius 2 is 1.85 bits per heavy atom. The number of benzene rings is 2. The molecule has 0 atom stereocenters. The summed E-state index contributed by atoms with van der Waals surface area (Å²) in [5.41, 5.74) is 7.73. The fraction of sp³-hybridized carbons (Fsp3) is 0.375. The second kappa shape index (κ2) is 8.84. The Labute approximate surface area is 158 Å². The molecule has 26 heavy (non-hydrogen) atoms. The maximum absolute atomic E-state index is 4.95. The lowest BCUT2D eigenvalue weighted by Crippen LogP contribution is -2.17. The Morgan fingerprint density at radius 3 is 2.58 bits per heavy atom. The SMILES string of the molecule is CCc1cccc(C(C)C)c1NC1=CCCCC1=NCc1ccccc1. The van der Waals surface area contributed by atoms with E-state index in [1.165, 1.54) is 40.2 Å². The summed E-state index contributed by atoms with van der Waals surface area (Å²) in [6.45, 7) is 7.51.